The molecular formula is C10H21NO. The lowest BCUT2D eigenvalue weighted by atomic mass is 10.1. The van der Waals surface area contributed by atoms with Crippen LogP contribution < -0.4 is 5.32 Å². The average Bonchev–Trinajstić information content (AvgIpc) is 2.86. The summed E-state index contributed by atoms with van der Waals surface area (Å²) in [6.07, 6.45) is 3.24. The van der Waals surface area contributed by atoms with Crippen molar-refractivity contribution in [2.45, 2.75) is 32.8 Å². The van der Waals surface area contributed by atoms with Crippen molar-refractivity contribution in [1.29, 1.82) is 0 Å². The number of rotatable bonds is 6. The van der Waals surface area contributed by atoms with Crippen LogP contribution in [0.3, 0.4) is 0 Å². The summed E-state index contributed by atoms with van der Waals surface area (Å²) in [5.41, 5.74) is 0. The molecule has 1 fully saturated rings. The van der Waals surface area contributed by atoms with Gasteiger partial charge >= 0.3 is 0 Å². The molecule has 1 rings (SSSR count). The molecule has 0 spiro atoms. The Bertz CT molecular complexity index is 123. The van der Waals surface area contributed by atoms with E-state index >= 15 is 0 Å². The summed E-state index contributed by atoms with van der Waals surface area (Å²) < 4.78 is 5.15. The molecule has 0 amide bonds. The minimum Gasteiger partial charge on any atom is -0.380 e. The third-order valence-corrected chi connectivity index (χ3v) is 2.73. The fraction of sp³-hybridized carbons (Fsp3) is 1.00. The summed E-state index contributed by atoms with van der Waals surface area (Å²) in [4.78, 5) is 0. The lowest BCUT2D eigenvalue weighted by molar-refractivity contribution is 0.116. The van der Waals surface area contributed by atoms with E-state index in [0.717, 1.165) is 24.9 Å². The predicted octanol–water partition coefficient (Wildman–Crippen LogP) is 1.66. The van der Waals surface area contributed by atoms with Crippen molar-refractivity contribution in [2.24, 2.45) is 11.8 Å². The molecule has 0 aliphatic heterocycles. The zero-order valence-electron chi connectivity index (χ0n) is 8.47. The molecular weight excluding hydrogens is 150 g/mol. The van der Waals surface area contributed by atoms with E-state index < -0.39 is 0 Å². The number of hydrogen-bond donors (Lipinski definition) is 1. The van der Waals surface area contributed by atoms with Crippen molar-refractivity contribution in [1.82, 2.24) is 5.32 Å². The summed E-state index contributed by atoms with van der Waals surface area (Å²) in [5, 5.41) is 3.43. The number of ether oxygens (including phenoxy) is 1. The Kier molecular flexibility index (Phi) is 4.02. The molecule has 0 aromatic carbocycles. The van der Waals surface area contributed by atoms with E-state index in [1.54, 1.807) is 7.11 Å². The molecule has 0 saturated heterocycles. The van der Waals surface area contributed by atoms with Gasteiger partial charge in [-0.1, -0.05) is 6.92 Å². The molecule has 0 bridgehead atoms. The third kappa shape index (κ3) is 3.55. The largest absolute Gasteiger partial charge is 0.380 e. The van der Waals surface area contributed by atoms with Crippen LogP contribution in [0.2, 0.25) is 0 Å². The molecule has 2 nitrogen and oxygen atoms in total. The summed E-state index contributed by atoms with van der Waals surface area (Å²) in [6, 6.07) is 0. The maximum atomic E-state index is 5.15. The van der Waals surface area contributed by atoms with Crippen LogP contribution in [0.5, 0.6) is 0 Å². The van der Waals surface area contributed by atoms with E-state index in [1.165, 1.54) is 12.8 Å². The molecule has 1 N–H and O–H groups in total. The van der Waals surface area contributed by atoms with Gasteiger partial charge in [0.2, 0.25) is 0 Å². The van der Waals surface area contributed by atoms with Gasteiger partial charge in [0.15, 0.2) is 0 Å². The molecule has 0 aromatic heterocycles. The first-order chi connectivity index (χ1) is 5.74. The van der Waals surface area contributed by atoms with Gasteiger partial charge in [-0.2, -0.15) is 0 Å². The first-order valence-electron chi connectivity index (χ1n) is 4.97. The van der Waals surface area contributed by atoms with E-state index in [9.17, 15) is 0 Å². The van der Waals surface area contributed by atoms with Crippen LogP contribution in [0.1, 0.15) is 26.7 Å². The van der Waals surface area contributed by atoms with Crippen molar-refractivity contribution < 1.29 is 4.74 Å². The predicted molar refractivity (Wildman–Crippen MR) is 51.2 cm³/mol. The van der Waals surface area contributed by atoms with Crippen molar-refractivity contribution in [3.05, 3.63) is 0 Å². The van der Waals surface area contributed by atoms with Gasteiger partial charge in [-0.05, 0) is 38.1 Å². The highest BCUT2D eigenvalue weighted by atomic mass is 16.5. The highest BCUT2D eigenvalue weighted by molar-refractivity contribution is 4.79. The third-order valence-electron chi connectivity index (χ3n) is 2.73. The normalized spacial score (nSPS) is 22.2. The van der Waals surface area contributed by atoms with E-state index in [1.807, 2.05) is 0 Å². The first kappa shape index (κ1) is 10.0. The minimum atomic E-state index is 0.344. The SMILES string of the molecule is COC(C)CNCC(C)C1CC1. The molecule has 2 atom stereocenters. The maximum absolute atomic E-state index is 5.15. The Labute approximate surface area is 75.7 Å². The first-order valence-corrected chi connectivity index (χ1v) is 4.97. The molecule has 0 heterocycles. The van der Waals surface area contributed by atoms with Crippen molar-refractivity contribution in [3.8, 4) is 0 Å². The highest BCUT2D eigenvalue weighted by Crippen LogP contribution is 2.35. The summed E-state index contributed by atoms with van der Waals surface area (Å²) in [5.74, 6) is 1.87. The molecule has 2 unspecified atom stereocenters. The molecule has 1 aliphatic rings. The standard InChI is InChI=1S/C10H21NO/c1-8(10-4-5-10)6-11-7-9(2)12-3/h8-11H,4-7H2,1-3H3. The Balaban J connectivity index is 1.93. The Hall–Kier alpha value is -0.0800. The van der Waals surface area contributed by atoms with Crippen molar-refractivity contribution in [2.75, 3.05) is 20.2 Å². The highest BCUT2D eigenvalue weighted by Gasteiger charge is 2.27. The van der Waals surface area contributed by atoms with Gasteiger partial charge in [-0.25, -0.2) is 0 Å². The molecule has 1 saturated carbocycles. The zero-order chi connectivity index (χ0) is 8.97. The topological polar surface area (TPSA) is 21.3 Å². The monoisotopic (exact) mass is 171 g/mol. The van der Waals surface area contributed by atoms with Gasteiger partial charge in [-0.3, -0.25) is 0 Å². The van der Waals surface area contributed by atoms with Crippen LogP contribution in [0.25, 0.3) is 0 Å². The van der Waals surface area contributed by atoms with Crippen LogP contribution in [0.4, 0.5) is 0 Å². The van der Waals surface area contributed by atoms with Gasteiger partial charge in [0, 0.05) is 13.7 Å². The fourth-order valence-electron chi connectivity index (χ4n) is 1.43. The smallest absolute Gasteiger partial charge is 0.0667 e. The lowest BCUT2D eigenvalue weighted by Crippen LogP contribution is -2.30. The number of nitrogens with one attached hydrogen (secondary N) is 1. The van der Waals surface area contributed by atoms with Gasteiger partial charge < -0.3 is 10.1 Å². The Morgan fingerprint density at radius 3 is 2.50 bits per heavy atom. The summed E-state index contributed by atoms with van der Waals surface area (Å²) in [6.45, 7) is 6.56. The van der Waals surface area contributed by atoms with Crippen LogP contribution in [-0.2, 0) is 4.74 Å². The molecule has 12 heavy (non-hydrogen) atoms. The molecule has 0 aromatic rings. The molecule has 1 aliphatic carbocycles. The fourth-order valence-corrected chi connectivity index (χ4v) is 1.43. The maximum Gasteiger partial charge on any atom is 0.0667 e. The number of methoxy groups -OCH3 is 1. The van der Waals surface area contributed by atoms with Crippen molar-refractivity contribution in [3.63, 3.8) is 0 Å². The Morgan fingerprint density at radius 1 is 1.33 bits per heavy atom. The molecule has 72 valence electrons. The molecule has 2 heteroatoms. The van der Waals surface area contributed by atoms with Crippen LogP contribution in [0.15, 0.2) is 0 Å². The van der Waals surface area contributed by atoms with E-state index in [4.69, 9.17) is 4.74 Å². The van der Waals surface area contributed by atoms with Gasteiger partial charge in [-0.15, -0.1) is 0 Å². The molecule has 0 radical (unpaired) electrons. The second kappa shape index (κ2) is 4.83. The van der Waals surface area contributed by atoms with E-state index in [2.05, 4.69) is 19.2 Å². The average molecular weight is 171 g/mol. The van der Waals surface area contributed by atoms with Gasteiger partial charge in [0.1, 0.15) is 0 Å². The van der Waals surface area contributed by atoms with Gasteiger partial charge in [0.25, 0.3) is 0 Å². The summed E-state index contributed by atoms with van der Waals surface area (Å²) in [7, 11) is 1.76. The van der Waals surface area contributed by atoms with Crippen molar-refractivity contribution >= 4 is 0 Å². The number of hydrogen-bond acceptors (Lipinski definition) is 2. The van der Waals surface area contributed by atoms with E-state index in [0.29, 0.717) is 6.10 Å². The van der Waals surface area contributed by atoms with Crippen LogP contribution in [-0.4, -0.2) is 26.3 Å². The lowest BCUT2D eigenvalue weighted by Gasteiger charge is -2.14. The van der Waals surface area contributed by atoms with Crippen LogP contribution in [0, 0.1) is 11.8 Å². The summed E-state index contributed by atoms with van der Waals surface area (Å²) >= 11 is 0. The minimum absolute atomic E-state index is 0.344. The quantitative estimate of drug-likeness (QED) is 0.656. The van der Waals surface area contributed by atoms with Gasteiger partial charge in [0.05, 0.1) is 6.10 Å². The Morgan fingerprint density at radius 2 is 2.00 bits per heavy atom. The second-order valence-electron chi connectivity index (χ2n) is 4.02. The zero-order valence-corrected chi connectivity index (χ0v) is 8.47. The van der Waals surface area contributed by atoms with E-state index in [-0.39, 0.29) is 0 Å². The van der Waals surface area contributed by atoms with Crippen LogP contribution >= 0.6 is 0 Å². The second-order valence-corrected chi connectivity index (χ2v) is 4.02.